The zero-order chi connectivity index (χ0) is 30.4. The molecule has 2 aromatic heterocycles. The number of fused-ring (bicyclic) bond motifs is 3. The first-order chi connectivity index (χ1) is 20.7. The second-order valence-electron chi connectivity index (χ2n) is 10.7. The van der Waals surface area contributed by atoms with Gasteiger partial charge in [-0.25, -0.2) is 4.68 Å². The van der Waals surface area contributed by atoms with E-state index in [0.717, 1.165) is 5.39 Å². The Hall–Kier alpha value is -4.84. The normalized spacial score (nSPS) is 22.2. The molecule has 0 amide bonds. The highest BCUT2D eigenvalue weighted by atomic mass is 35.5. The number of nitrogens with zero attached hydrogens (tertiary/aromatic N) is 4. The van der Waals surface area contributed by atoms with Gasteiger partial charge in [0, 0.05) is 41.9 Å². The van der Waals surface area contributed by atoms with E-state index < -0.39 is 29.1 Å². The Morgan fingerprint density at radius 1 is 1.05 bits per heavy atom. The first-order valence-electron chi connectivity index (χ1n) is 13.5. The third-order valence-corrected chi connectivity index (χ3v) is 9.00. The van der Waals surface area contributed by atoms with Crippen molar-refractivity contribution >= 4 is 40.0 Å². The van der Waals surface area contributed by atoms with Crippen LogP contribution in [-0.4, -0.2) is 57.8 Å². The molecule has 0 saturated carbocycles. The molecule has 3 aliphatic rings. The molecule has 0 fully saturated rings. The van der Waals surface area contributed by atoms with Gasteiger partial charge in [0.25, 0.3) is 5.56 Å². The highest BCUT2D eigenvalue weighted by Crippen LogP contribution is 2.55. The molecular weight excluding hydrogens is 578 g/mol. The number of ketones is 2. The molecule has 220 valence electrons. The molecule has 13 heteroatoms. The van der Waals surface area contributed by atoms with Gasteiger partial charge >= 0.3 is 0 Å². The summed E-state index contributed by atoms with van der Waals surface area (Å²) in [4.78, 5) is 47.5. The summed E-state index contributed by atoms with van der Waals surface area (Å²) in [5, 5.41) is 8.39. The van der Waals surface area contributed by atoms with Gasteiger partial charge in [0.05, 0.1) is 26.8 Å². The number of pyridine rings is 1. The molecule has 12 nitrogen and oxygen atoms in total. The molecule has 2 aliphatic heterocycles. The topological polar surface area (TPSA) is 136 Å². The maximum atomic E-state index is 14.9. The third kappa shape index (κ3) is 3.46. The fourth-order valence-corrected chi connectivity index (χ4v) is 6.73. The molecule has 2 aromatic carbocycles. The Bertz CT molecular complexity index is 2000. The highest BCUT2D eigenvalue weighted by molar-refractivity contribution is 6.36. The number of methoxy groups -OCH3 is 3. The van der Waals surface area contributed by atoms with Crippen molar-refractivity contribution in [1.82, 2.24) is 19.3 Å². The van der Waals surface area contributed by atoms with Gasteiger partial charge in [0.2, 0.25) is 23.1 Å². The number of carbonyl (C=O) groups is 2. The van der Waals surface area contributed by atoms with Crippen molar-refractivity contribution in [1.29, 1.82) is 0 Å². The molecule has 43 heavy (non-hydrogen) atoms. The van der Waals surface area contributed by atoms with Crippen LogP contribution < -0.4 is 29.8 Å². The van der Waals surface area contributed by atoms with Gasteiger partial charge in [-0.05, 0) is 30.0 Å². The lowest BCUT2D eigenvalue weighted by Gasteiger charge is -2.41. The minimum atomic E-state index is -1.96. The fourth-order valence-electron chi connectivity index (χ4n) is 6.47. The van der Waals surface area contributed by atoms with Gasteiger partial charge in [0.15, 0.2) is 5.75 Å². The van der Waals surface area contributed by atoms with E-state index in [0.29, 0.717) is 22.9 Å². The molecule has 3 atom stereocenters. The maximum absolute atomic E-state index is 14.9. The Kier molecular flexibility index (Phi) is 5.86. The molecule has 1 aliphatic carbocycles. The number of allylic oxidation sites excluding steroid dienone is 1. The molecule has 4 aromatic rings. The number of hydrogen-bond donors (Lipinski definition) is 1. The van der Waals surface area contributed by atoms with E-state index in [9.17, 15) is 14.4 Å². The van der Waals surface area contributed by atoms with E-state index in [1.165, 1.54) is 35.9 Å². The predicted molar refractivity (Wildman–Crippen MR) is 156 cm³/mol. The SMILES string of the molecule is COc1ccc2cc(C3C4=C(C[C@@H](C)[C@]5(Oc6c(Cl)c(OC)cc(OC)c6C5=O)C4=O)Nc4ncnn43)c(=O)n(C)c2c1. The van der Waals surface area contributed by atoms with Crippen molar-refractivity contribution in [3.05, 3.63) is 74.4 Å². The molecule has 1 unspecified atom stereocenters. The molecule has 0 radical (unpaired) electrons. The van der Waals surface area contributed by atoms with E-state index in [1.807, 2.05) is 6.07 Å². The first kappa shape index (κ1) is 27.0. The molecule has 4 heterocycles. The average molecular weight is 604 g/mol. The minimum Gasteiger partial charge on any atom is -0.497 e. The van der Waals surface area contributed by atoms with E-state index in [2.05, 4.69) is 15.4 Å². The van der Waals surface area contributed by atoms with Crippen LogP contribution in [0.5, 0.6) is 23.0 Å². The molecule has 7 rings (SSSR count). The van der Waals surface area contributed by atoms with Crippen molar-refractivity contribution in [3.63, 3.8) is 0 Å². The maximum Gasteiger partial charge on any atom is 0.256 e. The molecule has 1 N–H and O–H groups in total. The van der Waals surface area contributed by atoms with Gasteiger partial charge in [-0.2, -0.15) is 10.1 Å². The van der Waals surface area contributed by atoms with Crippen molar-refractivity contribution in [3.8, 4) is 23.0 Å². The van der Waals surface area contributed by atoms with Crippen LogP contribution in [0, 0.1) is 5.92 Å². The number of anilines is 1. The van der Waals surface area contributed by atoms with Crippen LogP contribution in [0.4, 0.5) is 5.95 Å². The van der Waals surface area contributed by atoms with Gasteiger partial charge in [-0.15, -0.1) is 0 Å². The summed E-state index contributed by atoms with van der Waals surface area (Å²) in [6, 6.07) is 7.63. The van der Waals surface area contributed by atoms with Crippen molar-refractivity contribution < 1.29 is 28.5 Å². The van der Waals surface area contributed by atoms with Crippen molar-refractivity contribution in [2.45, 2.75) is 25.0 Å². The Balaban J connectivity index is 1.44. The van der Waals surface area contributed by atoms with Gasteiger partial charge < -0.3 is 28.8 Å². The minimum absolute atomic E-state index is 0.0180. The van der Waals surface area contributed by atoms with Crippen LogP contribution in [0.25, 0.3) is 10.9 Å². The highest BCUT2D eigenvalue weighted by Gasteiger charge is 2.64. The average Bonchev–Trinajstić information content (AvgIpc) is 3.60. The van der Waals surface area contributed by atoms with E-state index >= 15 is 0 Å². The second-order valence-corrected chi connectivity index (χ2v) is 11.1. The number of rotatable bonds is 4. The molecule has 0 bridgehead atoms. The Labute approximate surface area is 249 Å². The summed E-state index contributed by atoms with van der Waals surface area (Å²) < 4.78 is 25.6. The second kappa shape index (κ2) is 9.33. The largest absolute Gasteiger partial charge is 0.497 e. The summed E-state index contributed by atoms with van der Waals surface area (Å²) in [5.41, 5.74) is -0.599. The number of aromatic nitrogens is 4. The van der Waals surface area contributed by atoms with Crippen molar-refractivity contribution in [2.24, 2.45) is 13.0 Å². The number of benzene rings is 2. The monoisotopic (exact) mass is 603 g/mol. The standard InChI is InChI=1S/C30H26ClN5O7/c1-13-8-17-21(26(37)30(13)27(38)22-19(41-4)11-20(42-5)23(31)25(22)43-30)24(36-29(34-17)32-12-33-36)16-9-14-6-7-15(40-3)10-18(14)35(2)28(16)39/h6-7,9-13,24H,8H2,1-5H3,(H,32,33,34)/t13-,24?,30+/m1/s1. The van der Waals surface area contributed by atoms with Crippen LogP contribution in [0.2, 0.25) is 5.02 Å². The van der Waals surface area contributed by atoms with Gasteiger partial charge in [-0.3, -0.25) is 14.4 Å². The van der Waals surface area contributed by atoms with Crippen LogP contribution in [-0.2, 0) is 11.8 Å². The fraction of sp³-hybridized carbons (Fsp3) is 0.300. The number of ether oxygens (including phenoxy) is 4. The smallest absolute Gasteiger partial charge is 0.256 e. The van der Waals surface area contributed by atoms with Crippen LogP contribution in [0.15, 0.2) is 52.7 Å². The quantitative estimate of drug-likeness (QED) is 0.344. The number of halogens is 1. The zero-order valence-electron chi connectivity index (χ0n) is 23.9. The lowest BCUT2D eigenvalue weighted by atomic mass is 9.69. The lowest BCUT2D eigenvalue weighted by Crippen LogP contribution is -2.58. The van der Waals surface area contributed by atoms with Crippen molar-refractivity contribution in [2.75, 3.05) is 26.6 Å². The number of hydrogen-bond acceptors (Lipinski definition) is 10. The summed E-state index contributed by atoms with van der Waals surface area (Å²) in [5.74, 6) is -0.407. The number of aryl methyl sites for hydroxylation is 1. The van der Waals surface area contributed by atoms with Gasteiger partial charge in [-0.1, -0.05) is 18.5 Å². The van der Waals surface area contributed by atoms with Crippen LogP contribution in [0.3, 0.4) is 0 Å². The number of Topliss-reactive ketones (excluding diaryl/α,β-unsaturated/α-hetero) is 2. The summed E-state index contributed by atoms with van der Waals surface area (Å²) in [6.07, 6.45) is 1.59. The Morgan fingerprint density at radius 2 is 1.81 bits per heavy atom. The first-order valence-corrected chi connectivity index (χ1v) is 13.8. The lowest BCUT2D eigenvalue weighted by molar-refractivity contribution is -0.130. The third-order valence-electron chi connectivity index (χ3n) is 8.64. The zero-order valence-corrected chi connectivity index (χ0v) is 24.6. The summed E-state index contributed by atoms with van der Waals surface area (Å²) >= 11 is 6.61. The summed E-state index contributed by atoms with van der Waals surface area (Å²) in [6.45, 7) is 1.77. The Morgan fingerprint density at radius 3 is 2.53 bits per heavy atom. The van der Waals surface area contributed by atoms with E-state index in [-0.39, 0.29) is 51.0 Å². The molecule has 1 spiro atoms. The predicted octanol–water partition coefficient (Wildman–Crippen LogP) is 3.70. The van der Waals surface area contributed by atoms with Crippen LogP contribution in [0.1, 0.15) is 35.3 Å². The number of nitrogens with one attached hydrogen (secondary N) is 1. The summed E-state index contributed by atoms with van der Waals surface area (Å²) in [7, 11) is 6.05. The van der Waals surface area contributed by atoms with E-state index in [1.54, 1.807) is 39.3 Å². The molecule has 0 saturated heterocycles. The molecular formula is C30H26ClN5O7. The van der Waals surface area contributed by atoms with Crippen LogP contribution >= 0.6 is 11.6 Å². The van der Waals surface area contributed by atoms with Gasteiger partial charge in [0.1, 0.15) is 40.2 Å². The number of carbonyl (C=O) groups excluding carboxylic acids is 2. The van der Waals surface area contributed by atoms with E-state index in [4.69, 9.17) is 30.5 Å².